The molecule has 50 heavy (non-hydrogen) atoms. The van der Waals surface area contributed by atoms with Crippen molar-refractivity contribution >= 4 is 18.5 Å². The Balaban J connectivity index is 1.81. The number of hydrogen-bond donors (Lipinski definition) is 0. The zero-order valence-corrected chi connectivity index (χ0v) is 27.6. The molecular formula is C38H40O12. The van der Waals surface area contributed by atoms with E-state index in [1.807, 2.05) is 91.0 Å². The minimum atomic E-state index is -1.58. The number of benzene rings is 3. The van der Waals surface area contributed by atoms with E-state index in [-0.39, 0.29) is 26.4 Å². The SMILES string of the molecule is C=CCOC(=O)O[C@@H]1[C@@H](OC(=O)OCC=C)[C@@H](OC)O[C@H](COC(c2ccccc2)(c2ccccc2)c2ccccc2)[C@H]1OC(=O)OCC=C. The van der Waals surface area contributed by atoms with Crippen molar-refractivity contribution in [3.8, 4) is 0 Å². The fourth-order valence-electron chi connectivity index (χ4n) is 5.40. The van der Waals surface area contributed by atoms with Crippen LogP contribution >= 0.6 is 0 Å². The molecule has 12 nitrogen and oxygen atoms in total. The van der Waals surface area contributed by atoms with Crippen LogP contribution in [0.25, 0.3) is 0 Å². The Morgan fingerprint density at radius 1 is 0.620 bits per heavy atom. The highest BCUT2D eigenvalue weighted by molar-refractivity contribution is 5.63. The lowest BCUT2D eigenvalue weighted by atomic mass is 9.80. The molecule has 0 saturated carbocycles. The molecule has 0 N–H and O–H groups in total. The van der Waals surface area contributed by atoms with Gasteiger partial charge in [-0.15, -0.1) is 0 Å². The smallest absolute Gasteiger partial charge is 0.430 e. The second kappa shape index (κ2) is 18.9. The Bertz CT molecular complexity index is 1450. The Hall–Kier alpha value is -5.43. The van der Waals surface area contributed by atoms with Crippen LogP contribution in [0, 0.1) is 0 Å². The second-order valence-corrected chi connectivity index (χ2v) is 10.7. The summed E-state index contributed by atoms with van der Waals surface area (Å²) in [6, 6.07) is 28.6. The Morgan fingerprint density at radius 2 is 1.00 bits per heavy atom. The number of carbonyl (C=O) groups is 3. The molecule has 1 aliphatic heterocycles. The molecule has 1 fully saturated rings. The largest absolute Gasteiger partial charge is 0.509 e. The first-order valence-electron chi connectivity index (χ1n) is 15.7. The normalized spacial score (nSPS) is 20.0. The lowest BCUT2D eigenvalue weighted by Crippen LogP contribution is -2.63. The van der Waals surface area contributed by atoms with Gasteiger partial charge < -0.3 is 42.6 Å². The van der Waals surface area contributed by atoms with Crippen LogP contribution in [0.3, 0.4) is 0 Å². The summed E-state index contributed by atoms with van der Waals surface area (Å²) in [7, 11) is 1.29. The van der Waals surface area contributed by atoms with Crippen LogP contribution in [0.5, 0.6) is 0 Å². The Kier molecular flexibility index (Phi) is 14.2. The molecule has 0 aromatic heterocycles. The van der Waals surface area contributed by atoms with E-state index in [2.05, 4.69) is 19.7 Å². The van der Waals surface area contributed by atoms with E-state index in [0.29, 0.717) is 0 Å². The van der Waals surface area contributed by atoms with Gasteiger partial charge in [-0.25, -0.2) is 14.4 Å². The number of ether oxygens (including phenoxy) is 9. The number of carbonyl (C=O) groups excluding carboxylic acids is 3. The molecule has 3 aromatic carbocycles. The standard InChI is InChI=1S/C38H40O12/c1-5-23-43-35(39)48-31-30(47-34(42-4)33(50-37(41)45-25-7-3)32(31)49-36(40)44-24-6-2)26-46-38(27-17-11-8-12-18-27,28-19-13-9-14-20-28)29-21-15-10-16-22-29/h5-22,30-34H,1-3,23-26H2,4H3/t30-,31-,32+,33-,34+/m1/s1. The second-order valence-electron chi connectivity index (χ2n) is 10.7. The summed E-state index contributed by atoms with van der Waals surface area (Å²) in [5.74, 6) is 0. The van der Waals surface area contributed by atoms with Crippen LogP contribution in [0.4, 0.5) is 14.4 Å². The molecule has 0 aliphatic carbocycles. The molecule has 264 valence electrons. The minimum Gasteiger partial charge on any atom is -0.430 e. The summed E-state index contributed by atoms with van der Waals surface area (Å²) in [4.78, 5) is 38.5. The van der Waals surface area contributed by atoms with Crippen LogP contribution < -0.4 is 0 Å². The van der Waals surface area contributed by atoms with Crippen LogP contribution in [-0.2, 0) is 48.2 Å². The van der Waals surface area contributed by atoms with Crippen LogP contribution in [0.1, 0.15) is 16.7 Å². The third kappa shape index (κ3) is 9.38. The van der Waals surface area contributed by atoms with Gasteiger partial charge in [-0.1, -0.05) is 129 Å². The van der Waals surface area contributed by atoms with Gasteiger partial charge in [0.2, 0.25) is 0 Å². The molecule has 0 unspecified atom stereocenters. The van der Waals surface area contributed by atoms with Gasteiger partial charge in [0.05, 0.1) is 6.61 Å². The lowest BCUT2D eigenvalue weighted by Gasteiger charge is -2.44. The van der Waals surface area contributed by atoms with E-state index < -0.39 is 54.8 Å². The molecule has 0 bridgehead atoms. The third-order valence-electron chi connectivity index (χ3n) is 7.48. The summed E-state index contributed by atoms with van der Waals surface area (Å²) < 4.78 is 50.8. The molecule has 0 spiro atoms. The maximum absolute atomic E-state index is 13.0. The van der Waals surface area contributed by atoms with E-state index in [1.54, 1.807) is 0 Å². The van der Waals surface area contributed by atoms with Crippen molar-refractivity contribution in [2.75, 3.05) is 33.5 Å². The van der Waals surface area contributed by atoms with Crippen molar-refractivity contribution < 1.29 is 57.0 Å². The van der Waals surface area contributed by atoms with Crippen molar-refractivity contribution in [3.63, 3.8) is 0 Å². The lowest BCUT2D eigenvalue weighted by molar-refractivity contribution is -0.301. The average molecular weight is 689 g/mol. The monoisotopic (exact) mass is 688 g/mol. The van der Waals surface area contributed by atoms with Gasteiger partial charge in [-0.05, 0) is 16.7 Å². The maximum Gasteiger partial charge on any atom is 0.509 e. The maximum atomic E-state index is 13.0. The van der Waals surface area contributed by atoms with Crippen LogP contribution in [0.2, 0.25) is 0 Å². The number of methoxy groups -OCH3 is 1. The van der Waals surface area contributed by atoms with Gasteiger partial charge in [0.1, 0.15) is 31.5 Å². The summed E-state index contributed by atoms with van der Waals surface area (Å²) in [5, 5.41) is 0. The van der Waals surface area contributed by atoms with Crippen molar-refractivity contribution in [1.82, 2.24) is 0 Å². The molecule has 12 heteroatoms. The van der Waals surface area contributed by atoms with E-state index >= 15 is 0 Å². The molecule has 0 radical (unpaired) electrons. The first-order valence-corrected chi connectivity index (χ1v) is 15.7. The predicted octanol–water partition coefficient (Wildman–Crippen LogP) is 6.49. The van der Waals surface area contributed by atoms with Gasteiger partial charge in [0.25, 0.3) is 0 Å². The van der Waals surface area contributed by atoms with Crippen molar-refractivity contribution in [2.45, 2.75) is 36.3 Å². The summed E-state index contributed by atoms with van der Waals surface area (Å²) in [5.41, 5.74) is 1.13. The summed E-state index contributed by atoms with van der Waals surface area (Å²) >= 11 is 0. The first-order chi connectivity index (χ1) is 24.4. The zero-order chi connectivity index (χ0) is 35.8. The molecular weight excluding hydrogens is 648 g/mol. The van der Waals surface area contributed by atoms with E-state index in [4.69, 9.17) is 42.6 Å². The van der Waals surface area contributed by atoms with Crippen molar-refractivity contribution in [3.05, 3.63) is 146 Å². The molecule has 4 rings (SSSR count). The Morgan fingerprint density at radius 3 is 1.38 bits per heavy atom. The van der Waals surface area contributed by atoms with Crippen molar-refractivity contribution in [1.29, 1.82) is 0 Å². The first kappa shape index (κ1) is 37.4. The highest BCUT2D eigenvalue weighted by Gasteiger charge is 2.54. The van der Waals surface area contributed by atoms with Gasteiger partial charge in [-0.3, -0.25) is 0 Å². The predicted molar refractivity (Wildman–Crippen MR) is 180 cm³/mol. The van der Waals surface area contributed by atoms with Gasteiger partial charge in [0.15, 0.2) is 24.6 Å². The van der Waals surface area contributed by atoms with Crippen molar-refractivity contribution in [2.24, 2.45) is 0 Å². The molecule has 1 aliphatic rings. The van der Waals surface area contributed by atoms with E-state index in [0.717, 1.165) is 16.7 Å². The van der Waals surface area contributed by atoms with Crippen LogP contribution in [-0.4, -0.2) is 82.7 Å². The van der Waals surface area contributed by atoms with E-state index in [1.165, 1.54) is 25.3 Å². The average Bonchev–Trinajstić information content (AvgIpc) is 3.15. The minimum absolute atomic E-state index is 0.179. The zero-order valence-electron chi connectivity index (χ0n) is 27.6. The Labute approximate surface area is 290 Å². The van der Waals surface area contributed by atoms with E-state index in [9.17, 15) is 14.4 Å². The number of hydrogen-bond acceptors (Lipinski definition) is 12. The van der Waals surface area contributed by atoms with Crippen LogP contribution in [0.15, 0.2) is 129 Å². The van der Waals surface area contributed by atoms with Gasteiger partial charge >= 0.3 is 18.5 Å². The molecule has 5 atom stereocenters. The fraction of sp³-hybridized carbons (Fsp3) is 0.289. The molecule has 3 aromatic rings. The number of rotatable bonds is 16. The summed E-state index contributed by atoms with van der Waals surface area (Å²) in [6.45, 7) is 9.73. The quantitative estimate of drug-likeness (QED) is 0.0705. The third-order valence-corrected chi connectivity index (χ3v) is 7.48. The molecule has 1 saturated heterocycles. The summed E-state index contributed by atoms with van der Waals surface area (Å²) in [6.07, 6.45) is -6.68. The highest BCUT2D eigenvalue weighted by Crippen LogP contribution is 2.41. The topological polar surface area (TPSA) is 134 Å². The van der Waals surface area contributed by atoms with Gasteiger partial charge in [-0.2, -0.15) is 0 Å². The molecule has 0 amide bonds. The highest BCUT2D eigenvalue weighted by atomic mass is 16.8. The van der Waals surface area contributed by atoms with Gasteiger partial charge in [0, 0.05) is 7.11 Å². The fourth-order valence-corrected chi connectivity index (χ4v) is 5.40. The molecule has 1 heterocycles.